The normalized spacial score (nSPS) is 31.3. The van der Waals surface area contributed by atoms with E-state index in [-0.39, 0.29) is 17.5 Å². The lowest BCUT2D eigenvalue weighted by atomic mass is 9.69. The zero-order valence-electron chi connectivity index (χ0n) is 13.0. The monoisotopic (exact) mass is 308 g/mol. The Kier molecular flexibility index (Phi) is 4.08. The number of carbonyl (C=O) groups excluding carboxylic acids is 1. The highest BCUT2D eigenvalue weighted by atomic mass is 16.3. The summed E-state index contributed by atoms with van der Waals surface area (Å²) in [5.74, 6) is 1.23. The summed E-state index contributed by atoms with van der Waals surface area (Å²) in [6.07, 6.45) is 4.52. The first kappa shape index (κ1) is 15.3. The van der Waals surface area contributed by atoms with Crippen LogP contribution in [-0.2, 0) is 11.2 Å². The molecule has 1 aromatic rings. The van der Waals surface area contributed by atoms with Crippen molar-refractivity contribution in [2.75, 3.05) is 13.1 Å². The molecule has 1 aromatic heterocycles. The van der Waals surface area contributed by atoms with Gasteiger partial charge in [0.1, 0.15) is 5.82 Å². The lowest BCUT2D eigenvalue weighted by molar-refractivity contribution is -0.130. The Morgan fingerprint density at radius 1 is 1.50 bits per heavy atom. The van der Waals surface area contributed by atoms with Crippen LogP contribution in [-0.4, -0.2) is 49.8 Å². The molecule has 1 saturated carbocycles. The molecule has 122 valence electrons. The van der Waals surface area contributed by atoms with E-state index in [0.717, 1.165) is 32.2 Å². The Morgan fingerprint density at radius 2 is 2.32 bits per heavy atom. The number of aromatic amines is 2. The molecule has 0 spiro atoms. The Balaban J connectivity index is 1.59. The van der Waals surface area contributed by atoms with E-state index < -0.39 is 5.60 Å². The molecule has 1 amide bonds. The Hall–Kier alpha value is -1.63. The summed E-state index contributed by atoms with van der Waals surface area (Å²) in [4.78, 5) is 27.8. The largest absolute Gasteiger partial charge is 0.390 e. The summed E-state index contributed by atoms with van der Waals surface area (Å²) >= 11 is 0. The molecular weight excluding hydrogens is 284 g/mol. The van der Waals surface area contributed by atoms with E-state index in [4.69, 9.17) is 0 Å². The maximum atomic E-state index is 12.4. The van der Waals surface area contributed by atoms with Crippen molar-refractivity contribution in [1.82, 2.24) is 20.1 Å². The molecular formula is C15H24N4O3. The number of aryl methyl sites for hydroxylation is 1. The van der Waals surface area contributed by atoms with E-state index in [1.807, 2.05) is 11.8 Å². The van der Waals surface area contributed by atoms with Crippen molar-refractivity contribution in [3.05, 3.63) is 16.3 Å². The fourth-order valence-corrected chi connectivity index (χ4v) is 4.08. The molecule has 1 aliphatic heterocycles. The second-order valence-corrected chi connectivity index (χ2v) is 6.64. The second kappa shape index (κ2) is 5.87. The van der Waals surface area contributed by atoms with Crippen molar-refractivity contribution >= 4 is 5.91 Å². The van der Waals surface area contributed by atoms with Gasteiger partial charge in [0, 0.05) is 31.8 Å². The van der Waals surface area contributed by atoms with E-state index >= 15 is 0 Å². The number of hydrogen-bond acceptors (Lipinski definition) is 4. The average molecular weight is 308 g/mol. The third-order valence-corrected chi connectivity index (χ3v) is 5.41. The maximum Gasteiger partial charge on any atom is 0.340 e. The molecule has 22 heavy (non-hydrogen) atoms. The number of nitrogens with one attached hydrogen (secondary N) is 2. The molecule has 7 heteroatoms. The highest BCUT2D eigenvalue weighted by molar-refractivity contribution is 5.76. The van der Waals surface area contributed by atoms with Crippen LogP contribution in [0.4, 0.5) is 0 Å². The molecule has 0 radical (unpaired) electrons. The van der Waals surface area contributed by atoms with Gasteiger partial charge in [0.05, 0.1) is 5.60 Å². The Bertz CT molecular complexity index is 596. The molecule has 7 nitrogen and oxygen atoms in total. The fraction of sp³-hybridized carbons (Fsp3) is 0.800. The minimum absolute atomic E-state index is 0.0803. The molecule has 1 saturated heterocycles. The first-order valence-electron chi connectivity index (χ1n) is 8.15. The van der Waals surface area contributed by atoms with Crippen molar-refractivity contribution in [2.24, 2.45) is 11.8 Å². The van der Waals surface area contributed by atoms with Gasteiger partial charge in [-0.1, -0.05) is 13.3 Å². The van der Waals surface area contributed by atoms with Gasteiger partial charge < -0.3 is 10.0 Å². The quantitative estimate of drug-likeness (QED) is 0.750. The zero-order valence-corrected chi connectivity index (χ0v) is 13.0. The van der Waals surface area contributed by atoms with Gasteiger partial charge in [-0.3, -0.25) is 9.78 Å². The maximum absolute atomic E-state index is 12.4. The third kappa shape index (κ3) is 2.82. The first-order valence-corrected chi connectivity index (χ1v) is 8.15. The number of amides is 1. The smallest absolute Gasteiger partial charge is 0.340 e. The molecule has 1 aliphatic carbocycles. The summed E-state index contributed by atoms with van der Waals surface area (Å²) in [6.45, 7) is 3.44. The second-order valence-electron chi connectivity index (χ2n) is 6.64. The standard InChI is InChI=1S/C15H24N4O3/c1-2-15(22)7-3-4-10-8-19(9-11(10)15)13(20)6-5-12-16-14(21)18-17-12/h10-11,22H,2-9H2,1H3,(H2,16,17,18,21)/t10-,11+,15-/m0/s1. The van der Waals surface area contributed by atoms with Crippen molar-refractivity contribution in [2.45, 2.75) is 51.0 Å². The SMILES string of the molecule is CC[C@]1(O)CCC[C@H]2CN(C(=O)CCc3n[nH]c(=O)[nH]3)C[C@H]21. The van der Waals surface area contributed by atoms with Crippen LogP contribution in [0.15, 0.2) is 4.79 Å². The van der Waals surface area contributed by atoms with Gasteiger partial charge in [-0.25, -0.2) is 9.89 Å². The van der Waals surface area contributed by atoms with Crippen LogP contribution >= 0.6 is 0 Å². The Morgan fingerprint density at radius 3 is 3.00 bits per heavy atom. The third-order valence-electron chi connectivity index (χ3n) is 5.41. The molecule has 0 unspecified atom stereocenters. The predicted molar refractivity (Wildman–Crippen MR) is 80.2 cm³/mol. The summed E-state index contributed by atoms with van der Waals surface area (Å²) in [7, 11) is 0. The van der Waals surface area contributed by atoms with Crippen molar-refractivity contribution < 1.29 is 9.90 Å². The molecule has 0 aromatic carbocycles. The molecule has 3 atom stereocenters. The van der Waals surface area contributed by atoms with Crippen LogP contribution in [0.25, 0.3) is 0 Å². The summed E-state index contributed by atoms with van der Waals surface area (Å²) in [6, 6.07) is 0. The van der Waals surface area contributed by atoms with Gasteiger partial charge in [-0.2, -0.15) is 5.10 Å². The number of carbonyl (C=O) groups is 1. The fourth-order valence-electron chi connectivity index (χ4n) is 4.08. The van der Waals surface area contributed by atoms with Gasteiger partial charge in [0.2, 0.25) is 5.91 Å². The zero-order chi connectivity index (χ0) is 15.7. The van der Waals surface area contributed by atoms with Gasteiger partial charge >= 0.3 is 5.69 Å². The van der Waals surface area contributed by atoms with E-state index in [1.165, 1.54) is 0 Å². The number of hydrogen-bond donors (Lipinski definition) is 3. The van der Waals surface area contributed by atoms with Crippen LogP contribution in [0.2, 0.25) is 0 Å². The van der Waals surface area contributed by atoms with Gasteiger partial charge in [-0.05, 0) is 25.2 Å². The molecule has 2 fully saturated rings. The number of fused-ring (bicyclic) bond motifs is 1. The highest BCUT2D eigenvalue weighted by Crippen LogP contribution is 2.44. The van der Waals surface area contributed by atoms with Crippen LogP contribution in [0, 0.1) is 11.8 Å². The highest BCUT2D eigenvalue weighted by Gasteiger charge is 2.48. The lowest BCUT2D eigenvalue weighted by Gasteiger charge is -2.40. The summed E-state index contributed by atoms with van der Waals surface area (Å²) in [5.41, 5.74) is -0.951. The van der Waals surface area contributed by atoms with Crippen molar-refractivity contribution in [1.29, 1.82) is 0 Å². The van der Waals surface area contributed by atoms with E-state index in [9.17, 15) is 14.7 Å². The number of rotatable bonds is 4. The topological polar surface area (TPSA) is 102 Å². The Labute approximate surface area is 129 Å². The number of aromatic nitrogens is 3. The van der Waals surface area contributed by atoms with Gasteiger partial charge in [-0.15, -0.1) is 0 Å². The van der Waals surface area contributed by atoms with E-state index in [0.29, 0.717) is 31.1 Å². The minimum Gasteiger partial charge on any atom is -0.390 e. The van der Waals surface area contributed by atoms with Gasteiger partial charge in [0.15, 0.2) is 0 Å². The summed E-state index contributed by atoms with van der Waals surface area (Å²) in [5, 5.41) is 16.9. The van der Waals surface area contributed by atoms with Crippen molar-refractivity contribution in [3.8, 4) is 0 Å². The molecule has 2 heterocycles. The van der Waals surface area contributed by atoms with Gasteiger partial charge in [0.25, 0.3) is 0 Å². The van der Waals surface area contributed by atoms with Crippen LogP contribution in [0.3, 0.4) is 0 Å². The number of H-pyrrole nitrogens is 2. The van der Waals surface area contributed by atoms with Crippen LogP contribution in [0.5, 0.6) is 0 Å². The molecule has 3 rings (SSSR count). The number of likely N-dealkylation sites (tertiary alicyclic amines) is 1. The van der Waals surface area contributed by atoms with E-state index in [2.05, 4.69) is 15.2 Å². The minimum atomic E-state index is -0.606. The molecule has 0 bridgehead atoms. The number of nitrogens with zero attached hydrogens (tertiary/aromatic N) is 2. The molecule has 2 aliphatic rings. The first-order chi connectivity index (χ1) is 10.5. The van der Waals surface area contributed by atoms with Crippen molar-refractivity contribution in [3.63, 3.8) is 0 Å². The molecule has 3 N–H and O–H groups in total. The summed E-state index contributed by atoms with van der Waals surface area (Å²) < 4.78 is 0. The lowest BCUT2D eigenvalue weighted by Crippen LogP contribution is -2.44. The average Bonchev–Trinajstić information content (AvgIpc) is 3.12. The predicted octanol–water partition coefficient (Wildman–Crippen LogP) is 0.430. The van der Waals surface area contributed by atoms with Crippen LogP contribution in [0.1, 0.15) is 44.9 Å². The number of aliphatic hydroxyl groups is 1. The van der Waals surface area contributed by atoms with Crippen LogP contribution < -0.4 is 5.69 Å². The van der Waals surface area contributed by atoms with E-state index in [1.54, 1.807) is 0 Å².